The summed E-state index contributed by atoms with van der Waals surface area (Å²) in [5.41, 5.74) is 5.84. The van der Waals surface area contributed by atoms with E-state index in [2.05, 4.69) is 4.90 Å². The summed E-state index contributed by atoms with van der Waals surface area (Å²) in [7, 11) is 0. The third-order valence-corrected chi connectivity index (χ3v) is 5.47. The molecule has 2 N–H and O–H groups in total. The van der Waals surface area contributed by atoms with E-state index >= 15 is 0 Å². The zero-order valence-corrected chi connectivity index (χ0v) is 10.4. The first kappa shape index (κ1) is 11.0. The third kappa shape index (κ3) is 1.91. The van der Waals surface area contributed by atoms with Gasteiger partial charge in [-0.15, -0.1) is 0 Å². The lowest BCUT2D eigenvalue weighted by atomic mass is 9.72. The van der Waals surface area contributed by atoms with Crippen LogP contribution in [0.3, 0.4) is 0 Å². The van der Waals surface area contributed by atoms with Crippen LogP contribution in [0.2, 0.25) is 0 Å². The van der Waals surface area contributed by atoms with Crippen molar-refractivity contribution >= 4 is 0 Å². The molecule has 0 aromatic heterocycles. The Hall–Kier alpha value is -0.0800. The minimum absolute atomic E-state index is 0.820. The summed E-state index contributed by atoms with van der Waals surface area (Å²) >= 11 is 0. The number of nitrogens with two attached hydrogens (primary N) is 1. The van der Waals surface area contributed by atoms with E-state index in [1.165, 1.54) is 58.0 Å². The van der Waals surface area contributed by atoms with Crippen LogP contribution in [0.5, 0.6) is 0 Å². The second kappa shape index (κ2) is 4.66. The second-order valence-electron chi connectivity index (χ2n) is 6.23. The summed E-state index contributed by atoms with van der Waals surface area (Å²) in [6, 6.07) is 0.855. The van der Waals surface area contributed by atoms with Gasteiger partial charge in [-0.3, -0.25) is 4.90 Å². The Morgan fingerprint density at radius 3 is 2.44 bits per heavy atom. The number of likely N-dealkylation sites (tertiary alicyclic amines) is 1. The van der Waals surface area contributed by atoms with Crippen molar-refractivity contribution in [3.63, 3.8) is 0 Å². The SMILES string of the molecule is NCC1CCC1N1CCC2CCCCC2C1. The topological polar surface area (TPSA) is 29.3 Å². The zero-order chi connectivity index (χ0) is 11.0. The molecule has 0 aromatic carbocycles. The van der Waals surface area contributed by atoms with Gasteiger partial charge in [0, 0.05) is 12.6 Å². The molecule has 0 radical (unpaired) electrons. The molecule has 2 heteroatoms. The van der Waals surface area contributed by atoms with Gasteiger partial charge in [-0.05, 0) is 56.5 Å². The van der Waals surface area contributed by atoms with Crippen LogP contribution in [0, 0.1) is 17.8 Å². The number of hydrogen-bond donors (Lipinski definition) is 1. The minimum atomic E-state index is 0.820. The Kier molecular flexibility index (Phi) is 3.21. The monoisotopic (exact) mass is 222 g/mol. The van der Waals surface area contributed by atoms with Crippen molar-refractivity contribution in [1.82, 2.24) is 4.90 Å². The molecule has 92 valence electrons. The highest BCUT2D eigenvalue weighted by Crippen LogP contribution is 2.40. The van der Waals surface area contributed by atoms with Crippen molar-refractivity contribution in [1.29, 1.82) is 0 Å². The molecule has 1 heterocycles. The Labute approximate surface area is 99.6 Å². The standard InChI is InChI=1S/C14H26N2/c15-9-12-5-6-14(12)16-8-7-11-3-1-2-4-13(11)10-16/h11-14H,1-10,15H2. The van der Waals surface area contributed by atoms with E-state index in [9.17, 15) is 0 Å². The molecule has 3 fully saturated rings. The van der Waals surface area contributed by atoms with Crippen LogP contribution < -0.4 is 5.73 Å². The molecule has 1 aliphatic heterocycles. The van der Waals surface area contributed by atoms with Crippen LogP contribution in [-0.4, -0.2) is 30.6 Å². The van der Waals surface area contributed by atoms with Crippen LogP contribution in [-0.2, 0) is 0 Å². The van der Waals surface area contributed by atoms with Crippen molar-refractivity contribution in [3.8, 4) is 0 Å². The summed E-state index contributed by atoms with van der Waals surface area (Å²) < 4.78 is 0. The lowest BCUT2D eigenvalue weighted by Crippen LogP contribution is -2.54. The van der Waals surface area contributed by atoms with Crippen molar-refractivity contribution < 1.29 is 0 Å². The number of fused-ring (bicyclic) bond motifs is 1. The fourth-order valence-electron chi connectivity index (χ4n) is 4.24. The van der Waals surface area contributed by atoms with Gasteiger partial charge in [0.05, 0.1) is 0 Å². The van der Waals surface area contributed by atoms with E-state index in [1.54, 1.807) is 0 Å². The van der Waals surface area contributed by atoms with Gasteiger partial charge in [0.25, 0.3) is 0 Å². The predicted octanol–water partition coefficient (Wildman–Crippen LogP) is 2.24. The Balaban J connectivity index is 1.58. The summed E-state index contributed by atoms with van der Waals surface area (Å²) in [6.07, 6.45) is 10.3. The molecule has 4 unspecified atom stereocenters. The van der Waals surface area contributed by atoms with Gasteiger partial charge in [-0.2, -0.15) is 0 Å². The molecule has 3 aliphatic rings. The average molecular weight is 222 g/mol. The molecule has 0 spiro atoms. The van der Waals surface area contributed by atoms with E-state index in [-0.39, 0.29) is 0 Å². The Morgan fingerprint density at radius 2 is 1.75 bits per heavy atom. The number of nitrogens with zero attached hydrogens (tertiary/aromatic N) is 1. The van der Waals surface area contributed by atoms with Gasteiger partial charge in [-0.25, -0.2) is 0 Å². The molecular weight excluding hydrogens is 196 g/mol. The van der Waals surface area contributed by atoms with Gasteiger partial charge >= 0.3 is 0 Å². The molecule has 4 atom stereocenters. The second-order valence-corrected chi connectivity index (χ2v) is 6.23. The number of hydrogen-bond acceptors (Lipinski definition) is 2. The van der Waals surface area contributed by atoms with E-state index in [1.807, 2.05) is 0 Å². The van der Waals surface area contributed by atoms with E-state index in [0.29, 0.717) is 0 Å². The highest BCUT2D eigenvalue weighted by atomic mass is 15.2. The van der Waals surface area contributed by atoms with Gasteiger partial charge in [0.2, 0.25) is 0 Å². The fourth-order valence-corrected chi connectivity index (χ4v) is 4.24. The average Bonchev–Trinajstić information content (AvgIpc) is 2.28. The Morgan fingerprint density at radius 1 is 0.938 bits per heavy atom. The van der Waals surface area contributed by atoms with E-state index in [0.717, 1.165) is 30.3 Å². The number of piperidine rings is 1. The van der Waals surface area contributed by atoms with Crippen LogP contribution in [0.4, 0.5) is 0 Å². The molecule has 2 nitrogen and oxygen atoms in total. The molecule has 2 aliphatic carbocycles. The normalized spacial score (nSPS) is 44.8. The maximum Gasteiger partial charge on any atom is 0.0136 e. The van der Waals surface area contributed by atoms with Crippen LogP contribution in [0.25, 0.3) is 0 Å². The molecule has 1 saturated heterocycles. The molecule has 0 amide bonds. The minimum Gasteiger partial charge on any atom is -0.330 e. The highest BCUT2D eigenvalue weighted by Gasteiger charge is 2.39. The molecule has 0 aromatic rings. The molecule has 16 heavy (non-hydrogen) atoms. The molecule has 2 saturated carbocycles. The summed E-state index contributed by atoms with van der Waals surface area (Å²) in [5.74, 6) is 2.92. The predicted molar refractivity (Wildman–Crippen MR) is 67.2 cm³/mol. The van der Waals surface area contributed by atoms with Crippen LogP contribution in [0.15, 0.2) is 0 Å². The third-order valence-electron chi connectivity index (χ3n) is 5.47. The van der Waals surface area contributed by atoms with Crippen LogP contribution in [0.1, 0.15) is 44.9 Å². The number of rotatable bonds is 2. The van der Waals surface area contributed by atoms with Crippen LogP contribution >= 0.6 is 0 Å². The first-order valence-electron chi connectivity index (χ1n) is 7.32. The van der Waals surface area contributed by atoms with Gasteiger partial charge in [0.15, 0.2) is 0 Å². The van der Waals surface area contributed by atoms with Crippen molar-refractivity contribution in [2.45, 2.75) is 51.0 Å². The first-order valence-corrected chi connectivity index (χ1v) is 7.32. The fraction of sp³-hybridized carbons (Fsp3) is 1.00. The van der Waals surface area contributed by atoms with Gasteiger partial charge < -0.3 is 5.73 Å². The Bertz CT molecular complexity index is 239. The summed E-state index contributed by atoms with van der Waals surface area (Å²) in [6.45, 7) is 3.67. The summed E-state index contributed by atoms with van der Waals surface area (Å²) in [5, 5.41) is 0. The maximum atomic E-state index is 5.84. The lowest BCUT2D eigenvalue weighted by Gasteiger charge is -2.50. The molecular formula is C14H26N2. The molecule has 0 bridgehead atoms. The smallest absolute Gasteiger partial charge is 0.0136 e. The first-order chi connectivity index (χ1) is 7.88. The lowest BCUT2D eigenvalue weighted by molar-refractivity contribution is -0.000139. The summed E-state index contributed by atoms with van der Waals surface area (Å²) in [4.78, 5) is 2.79. The van der Waals surface area contributed by atoms with Crippen molar-refractivity contribution in [3.05, 3.63) is 0 Å². The van der Waals surface area contributed by atoms with Crippen molar-refractivity contribution in [2.75, 3.05) is 19.6 Å². The quantitative estimate of drug-likeness (QED) is 0.776. The van der Waals surface area contributed by atoms with E-state index < -0.39 is 0 Å². The van der Waals surface area contributed by atoms with Gasteiger partial charge in [-0.1, -0.05) is 19.3 Å². The van der Waals surface area contributed by atoms with Gasteiger partial charge in [0.1, 0.15) is 0 Å². The van der Waals surface area contributed by atoms with Crippen molar-refractivity contribution in [2.24, 2.45) is 23.5 Å². The van der Waals surface area contributed by atoms with E-state index in [4.69, 9.17) is 5.73 Å². The largest absolute Gasteiger partial charge is 0.330 e. The highest BCUT2D eigenvalue weighted by molar-refractivity contribution is 4.93. The maximum absolute atomic E-state index is 5.84. The zero-order valence-electron chi connectivity index (χ0n) is 10.4. The molecule has 3 rings (SSSR count).